The highest BCUT2D eigenvalue weighted by Gasteiger charge is 2.14. The molecule has 0 N–H and O–H groups in total. The molecular weight excluding hydrogens is 352 g/mol. The van der Waals surface area contributed by atoms with E-state index < -0.39 is 11.6 Å². The molecule has 0 unspecified atom stereocenters. The van der Waals surface area contributed by atoms with Gasteiger partial charge in [0.25, 0.3) is 0 Å². The minimum absolute atomic E-state index is 0.103. The van der Waals surface area contributed by atoms with Crippen LogP contribution in [0, 0.1) is 11.6 Å². The van der Waals surface area contributed by atoms with Crippen molar-refractivity contribution in [2.45, 2.75) is 5.88 Å². The zero-order valence-corrected chi connectivity index (χ0v) is 12.3. The molecule has 0 saturated carbocycles. The monoisotopic (exact) mass is 357 g/mol. The van der Waals surface area contributed by atoms with Gasteiger partial charge in [-0.2, -0.15) is 0 Å². The zero-order valence-electron chi connectivity index (χ0n) is 9.95. The molecule has 2 aromatic heterocycles. The summed E-state index contributed by atoms with van der Waals surface area (Å²) in [6, 6.07) is 5.01. The minimum Gasteiger partial charge on any atom is -0.279 e. The van der Waals surface area contributed by atoms with Crippen molar-refractivity contribution in [1.29, 1.82) is 0 Å². The van der Waals surface area contributed by atoms with E-state index in [4.69, 9.17) is 11.6 Å². The number of fused-ring (bicyclic) bond motifs is 1. The van der Waals surface area contributed by atoms with Crippen LogP contribution in [-0.4, -0.2) is 14.5 Å². The van der Waals surface area contributed by atoms with Crippen molar-refractivity contribution in [3.05, 3.63) is 52.4 Å². The lowest BCUT2D eigenvalue weighted by Gasteiger charge is -2.07. The van der Waals surface area contributed by atoms with Crippen LogP contribution in [0.1, 0.15) is 5.82 Å². The first-order chi connectivity index (χ1) is 9.58. The maximum absolute atomic E-state index is 13.4. The molecule has 0 saturated heterocycles. The first-order valence-corrected chi connectivity index (χ1v) is 6.96. The quantitative estimate of drug-likeness (QED) is 0.643. The number of hydrogen-bond acceptors (Lipinski definition) is 2. The van der Waals surface area contributed by atoms with Crippen LogP contribution in [0.25, 0.3) is 16.9 Å². The number of imidazole rings is 1. The zero-order chi connectivity index (χ0) is 14.3. The summed E-state index contributed by atoms with van der Waals surface area (Å²) in [5.41, 5.74) is 1.39. The van der Waals surface area contributed by atoms with Crippen molar-refractivity contribution in [2.75, 3.05) is 0 Å². The standard InChI is InChI=1S/C13H7BrClF2N3/c14-7-1-11-13(18-6-7)20(12(5-15)19-11)10-3-8(16)2-9(17)4-10/h1-4,6H,5H2. The lowest BCUT2D eigenvalue weighted by molar-refractivity contribution is 0.581. The maximum Gasteiger partial charge on any atom is 0.164 e. The summed E-state index contributed by atoms with van der Waals surface area (Å²) in [5.74, 6) is -0.761. The van der Waals surface area contributed by atoms with Gasteiger partial charge in [0, 0.05) is 16.7 Å². The van der Waals surface area contributed by atoms with Crippen molar-refractivity contribution < 1.29 is 8.78 Å². The third-order valence-electron chi connectivity index (χ3n) is 2.76. The average molecular weight is 359 g/mol. The molecule has 0 atom stereocenters. The lowest BCUT2D eigenvalue weighted by Crippen LogP contribution is -2.01. The van der Waals surface area contributed by atoms with Crippen LogP contribution >= 0.6 is 27.5 Å². The fraction of sp³-hybridized carbons (Fsp3) is 0.0769. The van der Waals surface area contributed by atoms with E-state index in [9.17, 15) is 8.78 Å². The minimum atomic E-state index is -0.667. The van der Waals surface area contributed by atoms with Gasteiger partial charge < -0.3 is 0 Å². The van der Waals surface area contributed by atoms with E-state index in [1.807, 2.05) is 0 Å². The Morgan fingerprint density at radius 1 is 1.15 bits per heavy atom. The molecule has 7 heteroatoms. The summed E-state index contributed by atoms with van der Waals surface area (Å²) in [7, 11) is 0. The predicted molar refractivity (Wildman–Crippen MR) is 76.0 cm³/mol. The van der Waals surface area contributed by atoms with Crippen LogP contribution in [0.3, 0.4) is 0 Å². The first kappa shape index (κ1) is 13.5. The Hall–Kier alpha value is -1.53. The molecule has 0 amide bonds. The number of benzene rings is 1. The molecule has 0 bridgehead atoms. The molecular formula is C13H7BrClF2N3. The Bertz CT molecular complexity index is 783. The smallest absolute Gasteiger partial charge is 0.164 e. The fourth-order valence-electron chi connectivity index (χ4n) is 2.02. The summed E-state index contributed by atoms with van der Waals surface area (Å²) in [5, 5.41) is 0. The van der Waals surface area contributed by atoms with Crippen LogP contribution in [-0.2, 0) is 5.88 Å². The molecule has 0 aliphatic heterocycles. The van der Waals surface area contributed by atoms with Crippen LogP contribution in [0.4, 0.5) is 8.78 Å². The van der Waals surface area contributed by atoms with Gasteiger partial charge in [0.15, 0.2) is 5.65 Å². The fourth-order valence-corrected chi connectivity index (χ4v) is 2.52. The number of nitrogens with zero attached hydrogens (tertiary/aromatic N) is 3. The van der Waals surface area contributed by atoms with Gasteiger partial charge in [-0.1, -0.05) is 0 Å². The molecule has 0 fully saturated rings. The van der Waals surface area contributed by atoms with E-state index in [-0.39, 0.29) is 5.88 Å². The van der Waals surface area contributed by atoms with Crippen LogP contribution in [0.2, 0.25) is 0 Å². The van der Waals surface area contributed by atoms with E-state index in [2.05, 4.69) is 25.9 Å². The highest BCUT2D eigenvalue weighted by Crippen LogP contribution is 2.24. The van der Waals surface area contributed by atoms with E-state index in [0.29, 0.717) is 22.7 Å². The van der Waals surface area contributed by atoms with E-state index in [0.717, 1.165) is 10.5 Å². The van der Waals surface area contributed by atoms with Gasteiger partial charge in [-0.05, 0) is 34.1 Å². The molecule has 0 radical (unpaired) electrons. The summed E-state index contributed by atoms with van der Waals surface area (Å²) in [6.07, 6.45) is 1.59. The van der Waals surface area contributed by atoms with E-state index >= 15 is 0 Å². The molecule has 1 aromatic carbocycles. The van der Waals surface area contributed by atoms with Crippen molar-refractivity contribution in [1.82, 2.24) is 14.5 Å². The second kappa shape index (κ2) is 5.10. The van der Waals surface area contributed by atoms with Crippen molar-refractivity contribution in [3.63, 3.8) is 0 Å². The topological polar surface area (TPSA) is 30.7 Å². The molecule has 3 aromatic rings. The SMILES string of the molecule is Fc1cc(F)cc(-n2c(CCl)nc3cc(Br)cnc32)c1. The number of hydrogen-bond donors (Lipinski definition) is 0. The number of pyridine rings is 1. The third-order valence-corrected chi connectivity index (χ3v) is 3.43. The Balaban J connectivity index is 2.33. The Labute approximate surface area is 126 Å². The second-order valence-corrected chi connectivity index (χ2v) is 5.30. The number of rotatable bonds is 2. The van der Waals surface area contributed by atoms with Crippen molar-refractivity contribution in [2.24, 2.45) is 0 Å². The number of halogens is 4. The maximum atomic E-state index is 13.4. The Morgan fingerprint density at radius 3 is 2.50 bits per heavy atom. The van der Waals surface area contributed by atoms with E-state index in [1.165, 1.54) is 12.1 Å². The van der Waals surface area contributed by atoms with Gasteiger partial charge in [0.05, 0.1) is 11.6 Å². The summed E-state index contributed by atoms with van der Waals surface area (Å²) < 4.78 is 29.1. The predicted octanol–water partition coefficient (Wildman–Crippen LogP) is 4.20. The summed E-state index contributed by atoms with van der Waals surface area (Å²) >= 11 is 9.17. The highest BCUT2D eigenvalue weighted by atomic mass is 79.9. The Morgan fingerprint density at radius 2 is 1.85 bits per heavy atom. The highest BCUT2D eigenvalue weighted by molar-refractivity contribution is 9.10. The van der Waals surface area contributed by atoms with Crippen LogP contribution < -0.4 is 0 Å². The average Bonchev–Trinajstić information content (AvgIpc) is 2.74. The molecule has 20 heavy (non-hydrogen) atoms. The van der Waals surface area contributed by atoms with Gasteiger partial charge in [-0.25, -0.2) is 18.7 Å². The molecule has 3 rings (SSSR count). The molecule has 0 spiro atoms. The number of alkyl halides is 1. The van der Waals surface area contributed by atoms with Crippen molar-refractivity contribution in [3.8, 4) is 5.69 Å². The summed E-state index contributed by atoms with van der Waals surface area (Å²) in [6.45, 7) is 0. The number of aromatic nitrogens is 3. The lowest BCUT2D eigenvalue weighted by atomic mass is 10.3. The normalized spacial score (nSPS) is 11.2. The molecule has 2 heterocycles. The third kappa shape index (κ3) is 2.29. The molecule has 102 valence electrons. The molecule has 0 aliphatic rings. The van der Waals surface area contributed by atoms with Gasteiger partial charge in [0.2, 0.25) is 0 Å². The van der Waals surface area contributed by atoms with Gasteiger partial charge >= 0.3 is 0 Å². The van der Waals surface area contributed by atoms with Gasteiger partial charge in [0.1, 0.15) is 23.0 Å². The van der Waals surface area contributed by atoms with Gasteiger partial charge in [-0.3, -0.25) is 4.57 Å². The van der Waals surface area contributed by atoms with Crippen LogP contribution in [0.15, 0.2) is 34.9 Å². The Kier molecular flexibility index (Phi) is 3.43. The van der Waals surface area contributed by atoms with E-state index in [1.54, 1.807) is 16.8 Å². The largest absolute Gasteiger partial charge is 0.279 e. The second-order valence-electron chi connectivity index (χ2n) is 4.12. The first-order valence-electron chi connectivity index (χ1n) is 5.64. The van der Waals surface area contributed by atoms with Crippen molar-refractivity contribution >= 4 is 38.7 Å². The van der Waals surface area contributed by atoms with Crippen LogP contribution in [0.5, 0.6) is 0 Å². The summed E-state index contributed by atoms with van der Waals surface area (Å²) in [4.78, 5) is 8.56. The molecule has 0 aliphatic carbocycles. The van der Waals surface area contributed by atoms with Gasteiger partial charge in [-0.15, -0.1) is 11.6 Å². The molecule has 3 nitrogen and oxygen atoms in total.